The van der Waals surface area contributed by atoms with Crippen LogP contribution in [0.4, 0.5) is 0 Å². The molecular weight excluding hydrogens is 411 g/mol. The molecule has 1 amide bonds. The number of piperazine rings is 1. The van der Waals surface area contributed by atoms with Crippen LogP contribution in [0.3, 0.4) is 0 Å². The predicted molar refractivity (Wildman–Crippen MR) is 107 cm³/mol. The van der Waals surface area contributed by atoms with E-state index < -0.39 is 0 Å². The van der Waals surface area contributed by atoms with Crippen molar-refractivity contribution < 1.29 is 4.79 Å². The fraction of sp³-hybridized carbons (Fsp3) is 0.867. The molecule has 1 rings (SSSR count). The molecule has 1 atom stereocenters. The average molecular weight is 442 g/mol. The SMILES string of the molecule is CN=C(NCC(C)SC)N1CC(=O)N(C(C)C)C(C)(C)C1.I. The summed E-state index contributed by atoms with van der Waals surface area (Å²) < 4.78 is 0. The molecule has 0 radical (unpaired) electrons. The number of carbonyl (C=O) groups excluding carboxylic acids is 1. The Morgan fingerprint density at radius 2 is 2.00 bits per heavy atom. The molecule has 0 saturated carbocycles. The van der Waals surface area contributed by atoms with Crippen LogP contribution >= 0.6 is 35.7 Å². The lowest BCUT2D eigenvalue weighted by Crippen LogP contribution is -2.66. The van der Waals surface area contributed by atoms with Gasteiger partial charge in [-0.2, -0.15) is 11.8 Å². The van der Waals surface area contributed by atoms with Crippen molar-refractivity contribution in [2.75, 3.05) is 32.9 Å². The maximum Gasteiger partial charge on any atom is 0.242 e. The van der Waals surface area contributed by atoms with E-state index >= 15 is 0 Å². The smallest absolute Gasteiger partial charge is 0.242 e. The third-order valence-electron chi connectivity index (χ3n) is 3.80. The fourth-order valence-electron chi connectivity index (χ4n) is 2.96. The van der Waals surface area contributed by atoms with Crippen LogP contribution in [0, 0.1) is 0 Å². The molecule has 0 spiro atoms. The Bertz CT molecular complexity index is 401. The zero-order chi connectivity index (χ0) is 16.2. The molecule has 1 aliphatic rings. The van der Waals surface area contributed by atoms with Gasteiger partial charge in [-0.25, -0.2) is 0 Å². The lowest BCUT2D eigenvalue weighted by molar-refractivity contribution is -0.145. The Morgan fingerprint density at radius 3 is 2.41 bits per heavy atom. The Kier molecular flexibility index (Phi) is 9.12. The number of carbonyl (C=O) groups is 1. The highest BCUT2D eigenvalue weighted by Gasteiger charge is 2.40. The average Bonchev–Trinajstić information content (AvgIpc) is 2.36. The number of hydrogen-bond acceptors (Lipinski definition) is 3. The van der Waals surface area contributed by atoms with Gasteiger partial charge in [0.15, 0.2) is 5.96 Å². The maximum atomic E-state index is 12.5. The minimum atomic E-state index is -0.188. The zero-order valence-corrected chi connectivity index (χ0v) is 18.0. The van der Waals surface area contributed by atoms with Gasteiger partial charge in [-0.1, -0.05) is 6.92 Å². The van der Waals surface area contributed by atoms with E-state index in [1.54, 1.807) is 7.05 Å². The molecule has 0 aromatic heterocycles. The van der Waals surface area contributed by atoms with Crippen LogP contribution in [-0.4, -0.2) is 71.4 Å². The molecule has 1 unspecified atom stereocenters. The van der Waals surface area contributed by atoms with E-state index in [2.05, 4.69) is 56.1 Å². The van der Waals surface area contributed by atoms with Gasteiger partial charge in [-0.3, -0.25) is 9.79 Å². The second kappa shape index (κ2) is 9.20. The summed E-state index contributed by atoms with van der Waals surface area (Å²) in [6, 6.07) is 0.223. The quantitative estimate of drug-likeness (QED) is 0.412. The summed E-state index contributed by atoms with van der Waals surface area (Å²) in [7, 11) is 1.78. The van der Waals surface area contributed by atoms with Crippen molar-refractivity contribution in [3.05, 3.63) is 0 Å². The lowest BCUT2D eigenvalue weighted by Gasteiger charge is -2.49. The second-order valence-corrected chi connectivity index (χ2v) is 7.78. The number of halogens is 1. The van der Waals surface area contributed by atoms with Gasteiger partial charge < -0.3 is 15.1 Å². The highest BCUT2D eigenvalue weighted by molar-refractivity contribution is 14.0. The molecule has 22 heavy (non-hydrogen) atoms. The first kappa shape index (κ1) is 21.8. The van der Waals surface area contributed by atoms with E-state index in [0.717, 1.165) is 19.0 Å². The van der Waals surface area contributed by atoms with Crippen LogP contribution in [0.1, 0.15) is 34.6 Å². The standard InChI is InChI=1S/C15H30N4OS.HI/c1-11(2)19-13(20)9-18(10-15(19,4)5)14(16-6)17-8-12(3)21-7;/h11-12H,8-10H2,1-7H3,(H,16,17);1H. The van der Waals surface area contributed by atoms with Crippen molar-refractivity contribution in [3.63, 3.8) is 0 Å². The number of hydrogen-bond donors (Lipinski definition) is 1. The highest BCUT2D eigenvalue weighted by atomic mass is 127. The van der Waals surface area contributed by atoms with E-state index in [-0.39, 0.29) is 41.5 Å². The van der Waals surface area contributed by atoms with Gasteiger partial charge in [0.2, 0.25) is 5.91 Å². The summed E-state index contributed by atoms with van der Waals surface area (Å²) in [5, 5.41) is 3.89. The van der Waals surface area contributed by atoms with Gasteiger partial charge in [0.05, 0.1) is 12.1 Å². The Hall–Kier alpha value is -0.180. The third-order valence-corrected chi connectivity index (χ3v) is 4.77. The molecule has 0 aromatic rings. The summed E-state index contributed by atoms with van der Waals surface area (Å²) in [4.78, 5) is 20.9. The van der Waals surface area contributed by atoms with Crippen LogP contribution in [0.25, 0.3) is 0 Å². The third kappa shape index (κ3) is 5.47. The molecule has 7 heteroatoms. The van der Waals surface area contributed by atoms with E-state index in [0.29, 0.717) is 11.8 Å². The van der Waals surface area contributed by atoms with Gasteiger partial charge in [-0.05, 0) is 34.0 Å². The molecular formula is C15H31IN4OS. The molecule has 1 N–H and O–H groups in total. The largest absolute Gasteiger partial charge is 0.355 e. The molecule has 1 heterocycles. The van der Waals surface area contributed by atoms with Crippen molar-refractivity contribution in [2.24, 2.45) is 4.99 Å². The summed E-state index contributed by atoms with van der Waals surface area (Å²) >= 11 is 1.82. The van der Waals surface area contributed by atoms with Crippen LogP contribution in [0.5, 0.6) is 0 Å². The second-order valence-electron chi connectivity index (χ2n) is 6.50. The minimum Gasteiger partial charge on any atom is -0.355 e. The van der Waals surface area contributed by atoms with Gasteiger partial charge >= 0.3 is 0 Å². The summed E-state index contributed by atoms with van der Waals surface area (Å²) in [6.07, 6.45) is 2.10. The number of rotatable bonds is 4. The summed E-state index contributed by atoms with van der Waals surface area (Å²) in [6.45, 7) is 12.6. The summed E-state index contributed by atoms with van der Waals surface area (Å²) in [5.74, 6) is 0.989. The van der Waals surface area contributed by atoms with Crippen molar-refractivity contribution in [2.45, 2.75) is 51.4 Å². The Labute approximate surface area is 156 Å². The molecule has 1 fully saturated rings. The van der Waals surface area contributed by atoms with Crippen LogP contribution < -0.4 is 5.32 Å². The molecule has 0 bridgehead atoms. The predicted octanol–water partition coefficient (Wildman–Crippen LogP) is 2.26. The van der Waals surface area contributed by atoms with Crippen molar-refractivity contribution >= 4 is 47.6 Å². The topological polar surface area (TPSA) is 47.9 Å². The number of aliphatic imine (C=N–C) groups is 1. The molecule has 0 aliphatic carbocycles. The number of amides is 1. The van der Waals surface area contributed by atoms with E-state index in [9.17, 15) is 4.79 Å². The monoisotopic (exact) mass is 442 g/mol. The number of guanidine groups is 1. The Balaban J connectivity index is 0.00000441. The van der Waals surface area contributed by atoms with Crippen molar-refractivity contribution in [1.82, 2.24) is 15.1 Å². The molecule has 5 nitrogen and oxygen atoms in total. The first-order valence-corrected chi connectivity index (χ1v) is 8.82. The first-order valence-electron chi connectivity index (χ1n) is 7.53. The Morgan fingerprint density at radius 1 is 1.41 bits per heavy atom. The minimum absolute atomic E-state index is 0. The van der Waals surface area contributed by atoms with Crippen LogP contribution in [0.15, 0.2) is 4.99 Å². The van der Waals surface area contributed by atoms with Gasteiger partial charge in [-0.15, -0.1) is 24.0 Å². The normalized spacial score (nSPS) is 20.0. The van der Waals surface area contributed by atoms with E-state index in [4.69, 9.17) is 0 Å². The maximum absolute atomic E-state index is 12.5. The van der Waals surface area contributed by atoms with Crippen LogP contribution in [-0.2, 0) is 4.79 Å². The highest BCUT2D eigenvalue weighted by Crippen LogP contribution is 2.24. The van der Waals surface area contributed by atoms with Crippen LogP contribution in [0.2, 0.25) is 0 Å². The van der Waals surface area contributed by atoms with Gasteiger partial charge in [0, 0.05) is 31.4 Å². The zero-order valence-electron chi connectivity index (χ0n) is 14.8. The molecule has 0 aromatic carbocycles. The fourth-order valence-corrected chi connectivity index (χ4v) is 3.21. The van der Waals surface area contributed by atoms with Crippen molar-refractivity contribution in [3.8, 4) is 0 Å². The molecule has 1 aliphatic heterocycles. The van der Waals surface area contributed by atoms with Crippen molar-refractivity contribution in [1.29, 1.82) is 0 Å². The number of thioether (sulfide) groups is 1. The molecule has 130 valence electrons. The first-order chi connectivity index (χ1) is 9.72. The van der Waals surface area contributed by atoms with Gasteiger partial charge in [0.1, 0.15) is 0 Å². The number of nitrogens with one attached hydrogen (secondary N) is 1. The number of nitrogens with zero attached hydrogens (tertiary/aromatic N) is 3. The summed E-state index contributed by atoms with van der Waals surface area (Å²) in [5.41, 5.74) is -0.188. The van der Waals surface area contributed by atoms with Gasteiger partial charge in [0.25, 0.3) is 0 Å². The molecule has 1 saturated heterocycles. The lowest BCUT2D eigenvalue weighted by atomic mass is 9.96. The van der Waals surface area contributed by atoms with E-state index in [1.165, 1.54) is 0 Å². The van der Waals surface area contributed by atoms with E-state index in [1.807, 2.05) is 16.7 Å².